The second-order valence-electron chi connectivity index (χ2n) is 1.35. The lowest BCUT2D eigenvalue weighted by Gasteiger charge is -1.81. The number of aldehydes is 1. The molecule has 0 N–H and O–H groups in total. The van der Waals surface area contributed by atoms with Gasteiger partial charge in [0.1, 0.15) is 18.9 Å². The summed E-state index contributed by atoms with van der Waals surface area (Å²) in [5, 5.41) is 3.71. The van der Waals surface area contributed by atoms with Gasteiger partial charge in [0.15, 0.2) is 0 Å². The molecule has 0 aromatic carbocycles. The van der Waals surface area contributed by atoms with E-state index in [-0.39, 0.29) is 0 Å². The van der Waals surface area contributed by atoms with Gasteiger partial charge in [0.05, 0.1) is 0 Å². The molecule has 0 fully saturated rings. The predicted molar refractivity (Wildman–Crippen MR) is 31.4 cm³/mol. The molecule has 0 unspecified atom stereocenters. The van der Waals surface area contributed by atoms with E-state index in [4.69, 9.17) is 0 Å². The van der Waals surface area contributed by atoms with Crippen molar-refractivity contribution in [2.45, 2.75) is 0 Å². The fraction of sp³-hybridized carbons (Fsp3) is 0. The van der Waals surface area contributed by atoms with Gasteiger partial charge in [-0.05, 0) is 6.08 Å². The van der Waals surface area contributed by atoms with Crippen LogP contribution in [0.3, 0.4) is 0 Å². The van der Waals surface area contributed by atoms with Gasteiger partial charge in [0.2, 0.25) is 0 Å². The van der Waals surface area contributed by atoms with Crippen molar-refractivity contribution in [1.29, 1.82) is 0 Å². The van der Waals surface area contributed by atoms with E-state index in [1.807, 2.05) is 0 Å². The first kappa shape index (κ1) is 5.68. The molecule has 1 aromatic heterocycles. The molecule has 4 nitrogen and oxygen atoms in total. The van der Waals surface area contributed by atoms with Crippen LogP contribution < -0.4 is 0 Å². The third kappa shape index (κ3) is 1.49. The van der Waals surface area contributed by atoms with Gasteiger partial charge >= 0.3 is 0 Å². The molecule has 0 atom stereocenters. The minimum Gasteiger partial charge on any atom is -0.299 e. The first-order chi connectivity index (χ1) is 4.43. The summed E-state index contributed by atoms with van der Waals surface area (Å²) >= 11 is 0. The Morgan fingerprint density at radius 1 is 1.56 bits per heavy atom. The Morgan fingerprint density at radius 2 is 2.44 bits per heavy atom. The van der Waals surface area contributed by atoms with Crippen LogP contribution in [-0.2, 0) is 4.79 Å². The summed E-state index contributed by atoms with van der Waals surface area (Å²) in [4.78, 5) is 13.4. The lowest BCUT2D eigenvalue weighted by Crippen LogP contribution is -1.83. The topological polar surface area (TPSA) is 47.8 Å². The molecule has 0 aliphatic heterocycles. The Labute approximate surface area is 51.8 Å². The maximum absolute atomic E-state index is 9.75. The van der Waals surface area contributed by atoms with Crippen molar-refractivity contribution >= 4 is 12.5 Å². The van der Waals surface area contributed by atoms with E-state index in [1.165, 1.54) is 29.6 Å². The molecule has 1 rings (SSSR count). The van der Waals surface area contributed by atoms with E-state index < -0.39 is 0 Å². The summed E-state index contributed by atoms with van der Waals surface area (Å²) in [5.41, 5.74) is 0. The number of nitrogens with zero attached hydrogens (tertiary/aromatic N) is 3. The quantitative estimate of drug-likeness (QED) is 0.409. The molecule has 0 saturated heterocycles. The van der Waals surface area contributed by atoms with Crippen LogP contribution in [0.1, 0.15) is 0 Å². The standard InChI is InChI=1S/C5H5N3O/c9-3-1-2-8-5-6-4-7-8/h1-5H. The van der Waals surface area contributed by atoms with Crippen LogP contribution in [0.2, 0.25) is 0 Å². The van der Waals surface area contributed by atoms with Crippen LogP contribution in [0.15, 0.2) is 18.7 Å². The highest BCUT2D eigenvalue weighted by Crippen LogP contribution is 1.78. The van der Waals surface area contributed by atoms with E-state index in [0.29, 0.717) is 6.29 Å². The minimum absolute atomic E-state index is 0.682. The molecule has 0 spiro atoms. The van der Waals surface area contributed by atoms with Crippen LogP contribution in [0, 0.1) is 0 Å². The number of allylic oxidation sites excluding steroid dienone is 1. The highest BCUT2D eigenvalue weighted by atomic mass is 16.1. The molecule has 46 valence electrons. The van der Waals surface area contributed by atoms with Crippen molar-refractivity contribution in [2.75, 3.05) is 0 Å². The zero-order valence-corrected chi connectivity index (χ0v) is 4.64. The Bertz CT molecular complexity index is 202. The molecule has 4 heteroatoms. The van der Waals surface area contributed by atoms with Gasteiger partial charge in [-0.1, -0.05) is 0 Å². The number of carbonyl (C=O) groups is 1. The number of carbonyl (C=O) groups excluding carboxylic acids is 1. The smallest absolute Gasteiger partial charge is 0.144 e. The summed E-state index contributed by atoms with van der Waals surface area (Å²) in [5.74, 6) is 0. The molecular weight excluding hydrogens is 118 g/mol. The average molecular weight is 123 g/mol. The summed E-state index contributed by atoms with van der Waals surface area (Å²) < 4.78 is 1.44. The van der Waals surface area contributed by atoms with E-state index in [2.05, 4.69) is 10.1 Å². The first-order valence-electron chi connectivity index (χ1n) is 2.39. The van der Waals surface area contributed by atoms with Gasteiger partial charge < -0.3 is 0 Å². The molecule has 1 heterocycles. The van der Waals surface area contributed by atoms with Crippen molar-refractivity contribution in [3.05, 3.63) is 18.7 Å². The van der Waals surface area contributed by atoms with E-state index in [1.54, 1.807) is 0 Å². The predicted octanol–water partition coefficient (Wildman–Crippen LogP) is -0.0523. The normalized spacial score (nSPS) is 10.2. The van der Waals surface area contributed by atoms with Crippen LogP contribution in [0.4, 0.5) is 0 Å². The van der Waals surface area contributed by atoms with E-state index in [9.17, 15) is 4.79 Å². The zero-order chi connectivity index (χ0) is 6.53. The zero-order valence-electron chi connectivity index (χ0n) is 4.64. The van der Waals surface area contributed by atoms with E-state index in [0.717, 1.165) is 0 Å². The Morgan fingerprint density at radius 3 is 3.00 bits per heavy atom. The minimum atomic E-state index is 0.682. The highest BCUT2D eigenvalue weighted by molar-refractivity contribution is 5.69. The fourth-order valence-electron chi connectivity index (χ4n) is 0.418. The maximum atomic E-state index is 9.75. The van der Waals surface area contributed by atoms with Gasteiger partial charge in [0.25, 0.3) is 0 Å². The molecule has 1 aromatic rings. The largest absolute Gasteiger partial charge is 0.299 e. The van der Waals surface area contributed by atoms with Gasteiger partial charge in [-0.3, -0.25) is 4.79 Å². The molecule has 0 amide bonds. The fourth-order valence-corrected chi connectivity index (χ4v) is 0.418. The summed E-state index contributed by atoms with van der Waals surface area (Å²) in [6, 6.07) is 0. The van der Waals surface area contributed by atoms with Crippen molar-refractivity contribution in [3.8, 4) is 0 Å². The van der Waals surface area contributed by atoms with Crippen LogP contribution in [0.5, 0.6) is 0 Å². The van der Waals surface area contributed by atoms with Crippen molar-refractivity contribution < 1.29 is 4.79 Å². The Balaban J connectivity index is 2.67. The van der Waals surface area contributed by atoms with Crippen LogP contribution in [-0.4, -0.2) is 21.1 Å². The molecule has 0 bridgehead atoms. The summed E-state index contributed by atoms with van der Waals surface area (Å²) in [6.07, 6.45) is 6.44. The summed E-state index contributed by atoms with van der Waals surface area (Å²) in [7, 11) is 0. The summed E-state index contributed by atoms with van der Waals surface area (Å²) in [6.45, 7) is 0. The molecule has 0 aliphatic carbocycles. The maximum Gasteiger partial charge on any atom is 0.144 e. The van der Waals surface area contributed by atoms with Gasteiger partial charge in [-0.15, -0.1) is 0 Å². The Kier molecular flexibility index (Phi) is 1.74. The monoisotopic (exact) mass is 123 g/mol. The SMILES string of the molecule is O=CC=Cn1cncn1. The molecular formula is C5H5N3O. The third-order valence-corrected chi connectivity index (χ3v) is 0.754. The Hall–Kier alpha value is -1.45. The first-order valence-corrected chi connectivity index (χ1v) is 2.39. The number of hydrogen-bond acceptors (Lipinski definition) is 3. The van der Waals surface area contributed by atoms with Gasteiger partial charge in [-0.25, -0.2) is 9.67 Å². The second kappa shape index (κ2) is 2.76. The van der Waals surface area contributed by atoms with E-state index >= 15 is 0 Å². The van der Waals surface area contributed by atoms with Crippen molar-refractivity contribution in [2.24, 2.45) is 0 Å². The van der Waals surface area contributed by atoms with Crippen molar-refractivity contribution in [1.82, 2.24) is 14.8 Å². The molecule has 9 heavy (non-hydrogen) atoms. The van der Waals surface area contributed by atoms with Gasteiger partial charge in [-0.2, -0.15) is 5.10 Å². The second-order valence-corrected chi connectivity index (χ2v) is 1.35. The lowest BCUT2D eigenvalue weighted by molar-refractivity contribution is -0.104. The number of rotatable bonds is 2. The molecule has 0 saturated carbocycles. The molecule has 0 radical (unpaired) electrons. The lowest BCUT2D eigenvalue weighted by atomic mass is 10.7. The average Bonchev–Trinajstić information content (AvgIpc) is 2.34. The van der Waals surface area contributed by atoms with Crippen molar-refractivity contribution in [3.63, 3.8) is 0 Å². The highest BCUT2D eigenvalue weighted by Gasteiger charge is 1.77. The third-order valence-electron chi connectivity index (χ3n) is 0.754. The molecule has 0 aliphatic rings. The number of aromatic nitrogens is 3. The van der Waals surface area contributed by atoms with Gasteiger partial charge in [0, 0.05) is 6.20 Å². The van der Waals surface area contributed by atoms with Crippen LogP contribution in [0.25, 0.3) is 6.20 Å². The van der Waals surface area contributed by atoms with Crippen LogP contribution >= 0.6 is 0 Å². The number of hydrogen-bond donors (Lipinski definition) is 0.